The van der Waals surface area contributed by atoms with Crippen LogP contribution in [0.5, 0.6) is 23.0 Å². The topological polar surface area (TPSA) is 106 Å². The fraction of sp³-hybridized carbons (Fsp3) is 0.154. The second-order valence-electron chi connectivity index (χ2n) is 7.65. The normalized spacial score (nSPS) is 16.9. The van der Waals surface area contributed by atoms with E-state index in [1.165, 1.54) is 44.4 Å². The lowest BCUT2D eigenvalue weighted by atomic mass is 9.94. The fourth-order valence-electron chi connectivity index (χ4n) is 4.06. The summed E-state index contributed by atoms with van der Waals surface area (Å²) in [7, 11) is 4.33. The number of halogens is 1. The maximum atomic E-state index is 13.3. The number of phenolic OH excluding ortho intramolecular Hbond substituents is 1. The van der Waals surface area contributed by atoms with Crippen molar-refractivity contribution < 1.29 is 34.0 Å². The summed E-state index contributed by atoms with van der Waals surface area (Å²) < 4.78 is 15.7. The Morgan fingerprint density at radius 1 is 0.886 bits per heavy atom. The van der Waals surface area contributed by atoms with Crippen LogP contribution in [-0.4, -0.2) is 43.2 Å². The van der Waals surface area contributed by atoms with Gasteiger partial charge in [0, 0.05) is 16.3 Å². The van der Waals surface area contributed by atoms with Crippen molar-refractivity contribution in [3.05, 3.63) is 82.4 Å². The number of nitrogens with zero attached hydrogens (tertiary/aromatic N) is 1. The lowest BCUT2D eigenvalue weighted by molar-refractivity contribution is -0.132. The van der Waals surface area contributed by atoms with Crippen molar-refractivity contribution in [2.45, 2.75) is 6.04 Å². The van der Waals surface area contributed by atoms with Gasteiger partial charge in [0.05, 0.1) is 32.9 Å². The summed E-state index contributed by atoms with van der Waals surface area (Å²) >= 11 is 6.16. The third kappa shape index (κ3) is 4.24. The number of anilines is 1. The molecule has 3 aromatic rings. The van der Waals surface area contributed by atoms with E-state index in [9.17, 15) is 19.8 Å². The SMILES string of the molecule is COc1ccc(C2/C(=C(/O)c3ccc(OC)c(OC)c3)C(=O)C(=O)N2c2cccc(Cl)c2)cc1O. The van der Waals surface area contributed by atoms with Crippen LogP contribution in [0.1, 0.15) is 17.2 Å². The minimum absolute atomic E-state index is 0.160. The Morgan fingerprint density at radius 3 is 2.20 bits per heavy atom. The molecule has 180 valence electrons. The maximum Gasteiger partial charge on any atom is 0.300 e. The third-order valence-electron chi connectivity index (χ3n) is 5.71. The number of aromatic hydroxyl groups is 1. The Labute approximate surface area is 206 Å². The summed E-state index contributed by atoms with van der Waals surface area (Å²) in [4.78, 5) is 27.7. The summed E-state index contributed by atoms with van der Waals surface area (Å²) in [6.07, 6.45) is 0. The molecule has 1 unspecified atom stereocenters. The third-order valence-corrected chi connectivity index (χ3v) is 5.94. The van der Waals surface area contributed by atoms with Gasteiger partial charge in [0.25, 0.3) is 11.7 Å². The van der Waals surface area contributed by atoms with E-state index in [2.05, 4.69) is 0 Å². The number of hydrogen-bond donors (Lipinski definition) is 2. The zero-order valence-corrected chi connectivity index (χ0v) is 19.9. The number of hydrogen-bond acceptors (Lipinski definition) is 7. The van der Waals surface area contributed by atoms with Gasteiger partial charge in [-0.25, -0.2) is 0 Å². The number of phenols is 1. The van der Waals surface area contributed by atoms with Gasteiger partial charge < -0.3 is 24.4 Å². The van der Waals surface area contributed by atoms with E-state index in [-0.39, 0.29) is 22.6 Å². The molecular weight excluding hydrogens is 474 g/mol. The van der Waals surface area contributed by atoms with Crippen molar-refractivity contribution >= 4 is 34.7 Å². The number of Topliss-reactive ketones (excluding diaryl/α,β-unsaturated/α-hetero) is 1. The van der Waals surface area contributed by atoms with Gasteiger partial charge in [0.2, 0.25) is 0 Å². The molecule has 1 amide bonds. The van der Waals surface area contributed by atoms with Crippen LogP contribution in [0.25, 0.3) is 5.76 Å². The quantitative estimate of drug-likeness (QED) is 0.290. The monoisotopic (exact) mass is 495 g/mol. The van der Waals surface area contributed by atoms with Crippen molar-refractivity contribution in [2.75, 3.05) is 26.2 Å². The Hall–Kier alpha value is -4.17. The number of amides is 1. The highest BCUT2D eigenvalue weighted by Crippen LogP contribution is 2.44. The molecule has 1 fully saturated rings. The highest BCUT2D eigenvalue weighted by atomic mass is 35.5. The molecule has 0 saturated carbocycles. The van der Waals surface area contributed by atoms with Crippen LogP contribution in [0.4, 0.5) is 5.69 Å². The lowest BCUT2D eigenvalue weighted by Crippen LogP contribution is -2.29. The zero-order chi connectivity index (χ0) is 25.3. The summed E-state index contributed by atoms with van der Waals surface area (Å²) in [5, 5.41) is 22.1. The molecule has 0 radical (unpaired) electrons. The van der Waals surface area contributed by atoms with Gasteiger partial charge in [-0.1, -0.05) is 23.7 Å². The van der Waals surface area contributed by atoms with Gasteiger partial charge in [0.15, 0.2) is 23.0 Å². The van der Waals surface area contributed by atoms with Crippen molar-refractivity contribution in [3.63, 3.8) is 0 Å². The molecule has 3 aromatic carbocycles. The molecule has 2 N–H and O–H groups in total. The van der Waals surface area contributed by atoms with Gasteiger partial charge in [-0.2, -0.15) is 0 Å². The number of ether oxygens (including phenoxy) is 3. The minimum atomic E-state index is -1.06. The number of methoxy groups -OCH3 is 3. The molecule has 0 aliphatic carbocycles. The maximum absolute atomic E-state index is 13.3. The van der Waals surface area contributed by atoms with E-state index in [0.29, 0.717) is 27.8 Å². The molecule has 0 spiro atoms. The van der Waals surface area contributed by atoms with E-state index in [1.54, 1.807) is 42.5 Å². The first-order valence-corrected chi connectivity index (χ1v) is 10.8. The average molecular weight is 496 g/mol. The van der Waals surface area contributed by atoms with Crippen LogP contribution in [0.2, 0.25) is 5.02 Å². The van der Waals surface area contributed by atoms with E-state index in [4.69, 9.17) is 25.8 Å². The molecule has 4 rings (SSSR count). The zero-order valence-electron chi connectivity index (χ0n) is 19.1. The van der Waals surface area contributed by atoms with Crippen LogP contribution in [0.3, 0.4) is 0 Å². The number of aliphatic hydroxyl groups excluding tert-OH is 1. The van der Waals surface area contributed by atoms with Crippen LogP contribution < -0.4 is 19.1 Å². The molecule has 0 aromatic heterocycles. The first-order chi connectivity index (χ1) is 16.8. The summed E-state index contributed by atoms with van der Waals surface area (Å²) in [6.45, 7) is 0. The highest BCUT2D eigenvalue weighted by Gasteiger charge is 2.47. The molecule has 1 heterocycles. The number of aliphatic hydroxyl groups is 1. The molecule has 9 heteroatoms. The van der Waals surface area contributed by atoms with E-state index in [0.717, 1.165) is 0 Å². The predicted octanol–water partition coefficient (Wildman–Crippen LogP) is 4.70. The number of rotatable bonds is 6. The van der Waals surface area contributed by atoms with E-state index >= 15 is 0 Å². The second-order valence-corrected chi connectivity index (χ2v) is 8.09. The first-order valence-electron chi connectivity index (χ1n) is 10.5. The van der Waals surface area contributed by atoms with Crippen molar-refractivity contribution in [3.8, 4) is 23.0 Å². The van der Waals surface area contributed by atoms with Gasteiger partial charge >= 0.3 is 0 Å². The summed E-state index contributed by atoms with van der Waals surface area (Å²) in [6, 6.07) is 14.5. The van der Waals surface area contributed by atoms with E-state index in [1.807, 2.05) is 0 Å². The van der Waals surface area contributed by atoms with Crippen LogP contribution in [0, 0.1) is 0 Å². The fourth-order valence-corrected chi connectivity index (χ4v) is 4.24. The van der Waals surface area contributed by atoms with Crippen molar-refractivity contribution in [2.24, 2.45) is 0 Å². The smallest absolute Gasteiger partial charge is 0.300 e. The highest BCUT2D eigenvalue weighted by molar-refractivity contribution is 6.51. The standard InChI is InChI=1S/C26H22ClNO7/c1-33-19-9-7-14(11-18(19)29)23-22(24(30)15-8-10-20(34-2)21(12-15)35-3)25(31)26(32)28(23)17-6-4-5-16(27)13-17/h4-13,23,29-30H,1-3H3/b24-22-. The number of ketones is 1. The average Bonchev–Trinajstić information content (AvgIpc) is 3.13. The van der Waals surface area contributed by atoms with E-state index < -0.39 is 23.5 Å². The predicted molar refractivity (Wildman–Crippen MR) is 130 cm³/mol. The Bertz CT molecular complexity index is 1350. The molecule has 8 nitrogen and oxygen atoms in total. The van der Waals surface area contributed by atoms with Gasteiger partial charge in [0.1, 0.15) is 5.76 Å². The largest absolute Gasteiger partial charge is 0.507 e. The number of carbonyl (C=O) groups is 2. The number of carbonyl (C=O) groups excluding carboxylic acids is 2. The summed E-state index contributed by atoms with van der Waals surface area (Å²) in [5.41, 5.74) is 0.817. The van der Waals surface area contributed by atoms with Crippen LogP contribution in [0.15, 0.2) is 66.2 Å². The molecule has 35 heavy (non-hydrogen) atoms. The molecule has 1 atom stereocenters. The molecule has 1 aliphatic heterocycles. The van der Waals surface area contributed by atoms with Gasteiger partial charge in [-0.3, -0.25) is 14.5 Å². The van der Waals surface area contributed by atoms with Crippen molar-refractivity contribution in [1.82, 2.24) is 0 Å². The minimum Gasteiger partial charge on any atom is -0.507 e. The summed E-state index contributed by atoms with van der Waals surface area (Å²) in [5.74, 6) is -1.36. The van der Waals surface area contributed by atoms with Crippen LogP contribution >= 0.6 is 11.6 Å². The van der Waals surface area contributed by atoms with Crippen molar-refractivity contribution in [1.29, 1.82) is 0 Å². The molecule has 1 aliphatic rings. The van der Waals surface area contributed by atoms with Crippen LogP contribution in [-0.2, 0) is 9.59 Å². The molecular formula is C26H22ClNO7. The molecule has 0 bridgehead atoms. The molecule has 1 saturated heterocycles. The first kappa shape index (κ1) is 24.0. The Kier molecular flexibility index (Phi) is 6.57. The Morgan fingerprint density at radius 2 is 1.57 bits per heavy atom. The number of benzene rings is 3. The van der Waals surface area contributed by atoms with Gasteiger partial charge in [-0.15, -0.1) is 0 Å². The lowest BCUT2D eigenvalue weighted by Gasteiger charge is -2.26. The van der Waals surface area contributed by atoms with Gasteiger partial charge in [-0.05, 0) is 54.1 Å². The Balaban J connectivity index is 1.96. The second kappa shape index (κ2) is 9.60.